The highest BCUT2D eigenvalue weighted by Crippen LogP contribution is 2.22. The molecule has 13 heavy (non-hydrogen) atoms. The zero-order valence-corrected chi connectivity index (χ0v) is 9.33. The maximum absolute atomic E-state index is 4.37. The van der Waals surface area contributed by atoms with Crippen LogP contribution in [0.2, 0.25) is 0 Å². The monoisotopic (exact) mass is 180 g/mol. The molecule has 0 saturated heterocycles. The first-order valence-electron chi connectivity index (χ1n) is 4.99. The van der Waals surface area contributed by atoms with E-state index in [1.54, 1.807) is 0 Å². The predicted molar refractivity (Wildman–Crippen MR) is 55.9 cm³/mol. The van der Waals surface area contributed by atoms with Crippen molar-refractivity contribution in [2.24, 2.45) is 0 Å². The van der Waals surface area contributed by atoms with Crippen LogP contribution in [0.3, 0.4) is 0 Å². The SMILES string of the molecule is CCC(C)n1cc(C(C)(C)C)cn1. The molecule has 1 aromatic rings. The van der Waals surface area contributed by atoms with E-state index in [1.165, 1.54) is 5.56 Å². The van der Waals surface area contributed by atoms with Gasteiger partial charge in [0.25, 0.3) is 0 Å². The summed E-state index contributed by atoms with van der Waals surface area (Å²) in [7, 11) is 0. The second kappa shape index (κ2) is 3.52. The van der Waals surface area contributed by atoms with E-state index in [1.807, 2.05) is 6.20 Å². The summed E-state index contributed by atoms with van der Waals surface area (Å²) in [5, 5.41) is 4.37. The topological polar surface area (TPSA) is 17.8 Å². The van der Waals surface area contributed by atoms with E-state index in [4.69, 9.17) is 0 Å². The first kappa shape index (κ1) is 10.3. The standard InChI is InChI=1S/C11H20N2/c1-6-9(2)13-8-10(7-12-13)11(3,4)5/h7-9H,6H2,1-5H3. The van der Waals surface area contributed by atoms with E-state index < -0.39 is 0 Å². The van der Waals surface area contributed by atoms with Crippen molar-refractivity contribution in [3.8, 4) is 0 Å². The minimum absolute atomic E-state index is 0.214. The fraction of sp³-hybridized carbons (Fsp3) is 0.727. The Kier molecular flexibility index (Phi) is 2.79. The van der Waals surface area contributed by atoms with Gasteiger partial charge in [-0.25, -0.2) is 0 Å². The van der Waals surface area contributed by atoms with Gasteiger partial charge >= 0.3 is 0 Å². The van der Waals surface area contributed by atoms with Crippen molar-refractivity contribution in [3.05, 3.63) is 18.0 Å². The molecule has 0 radical (unpaired) electrons. The molecule has 1 heterocycles. The second-order valence-corrected chi connectivity index (χ2v) is 4.72. The van der Waals surface area contributed by atoms with Crippen LogP contribution in [0.15, 0.2) is 12.4 Å². The Morgan fingerprint density at radius 2 is 2.08 bits per heavy atom. The van der Waals surface area contributed by atoms with Crippen molar-refractivity contribution in [3.63, 3.8) is 0 Å². The molecule has 74 valence electrons. The lowest BCUT2D eigenvalue weighted by molar-refractivity contribution is 0.476. The molecule has 0 bridgehead atoms. The van der Waals surface area contributed by atoms with Crippen molar-refractivity contribution in [2.75, 3.05) is 0 Å². The Labute approximate surface area is 81.0 Å². The average Bonchev–Trinajstić information content (AvgIpc) is 2.50. The van der Waals surface area contributed by atoms with Crippen LogP contribution in [0.5, 0.6) is 0 Å². The first-order valence-corrected chi connectivity index (χ1v) is 4.99. The Balaban J connectivity index is 2.87. The van der Waals surface area contributed by atoms with Crippen LogP contribution >= 0.6 is 0 Å². The lowest BCUT2D eigenvalue weighted by atomic mass is 9.90. The Morgan fingerprint density at radius 3 is 2.46 bits per heavy atom. The normalized spacial score (nSPS) is 14.5. The van der Waals surface area contributed by atoms with Crippen molar-refractivity contribution >= 4 is 0 Å². The summed E-state index contributed by atoms with van der Waals surface area (Å²) < 4.78 is 2.06. The molecule has 0 aromatic carbocycles. The molecule has 0 aliphatic rings. The molecule has 2 heteroatoms. The van der Waals surface area contributed by atoms with Crippen LogP contribution in [0.4, 0.5) is 0 Å². The minimum Gasteiger partial charge on any atom is -0.270 e. The number of nitrogens with zero attached hydrogens (tertiary/aromatic N) is 2. The van der Waals surface area contributed by atoms with Crippen LogP contribution in [-0.4, -0.2) is 9.78 Å². The summed E-state index contributed by atoms with van der Waals surface area (Å²) in [5.41, 5.74) is 1.53. The molecule has 0 saturated carbocycles. The van der Waals surface area contributed by atoms with Gasteiger partial charge in [-0.1, -0.05) is 27.7 Å². The predicted octanol–water partition coefficient (Wildman–Crippen LogP) is 3.15. The molecule has 1 rings (SSSR count). The lowest BCUT2D eigenvalue weighted by Crippen LogP contribution is -2.10. The summed E-state index contributed by atoms with van der Waals surface area (Å²) in [4.78, 5) is 0. The van der Waals surface area contributed by atoms with Gasteiger partial charge in [-0.3, -0.25) is 4.68 Å². The summed E-state index contributed by atoms with van der Waals surface area (Å²) >= 11 is 0. The van der Waals surface area contributed by atoms with Gasteiger partial charge in [0.1, 0.15) is 0 Å². The van der Waals surface area contributed by atoms with Crippen LogP contribution in [0.25, 0.3) is 0 Å². The summed E-state index contributed by atoms with van der Waals surface area (Å²) in [6, 6.07) is 0.510. The smallest absolute Gasteiger partial charge is 0.0527 e. The number of rotatable bonds is 2. The van der Waals surface area contributed by atoms with E-state index in [2.05, 4.69) is 50.6 Å². The fourth-order valence-corrected chi connectivity index (χ4v) is 1.15. The molecule has 0 N–H and O–H groups in total. The van der Waals surface area contributed by atoms with Gasteiger partial charge < -0.3 is 0 Å². The first-order chi connectivity index (χ1) is 5.95. The van der Waals surface area contributed by atoms with Gasteiger partial charge in [0.2, 0.25) is 0 Å². The van der Waals surface area contributed by atoms with Gasteiger partial charge in [0, 0.05) is 12.2 Å². The van der Waals surface area contributed by atoms with Gasteiger partial charge in [-0.15, -0.1) is 0 Å². The molecule has 0 fully saturated rings. The fourth-order valence-electron chi connectivity index (χ4n) is 1.15. The Bertz CT molecular complexity index is 268. The number of hydrogen-bond acceptors (Lipinski definition) is 1. The van der Waals surface area contributed by atoms with Crippen LogP contribution < -0.4 is 0 Å². The maximum atomic E-state index is 4.37. The third-order valence-electron chi connectivity index (χ3n) is 2.51. The largest absolute Gasteiger partial charge is 0.270 e. The third-order valence-corrected chi connectivity index (χ3v) is 2.51. The highest BCUT2D eigenvalue weighted by Gasteiger charge is 2.16. The molecular weight excluding hydrogens is 160 g/mol. The Hall–Kier alpha value is -0.790. The van der Waals surface area contributed by atoms with E-state index in [-0.39, 0.29) is 5.41 Å². The van der Waals surface area contributed by atoms with E-state index in [0.717, 1.165) is 6.42 Å². The summed E-state index contributed by atoms with van der Waals surface area (Å²) in [5.74, 6) is 0. The van der Waals surface area contributed by atoms with Crippen molar-refractivity contribution in [1.29, 1.82) is 0 Å². The van der Waals surface area contributed by atoms with Crippen molar-refractivity contribution < 1.29 is 0 Å². The van der Waals surface area contributed by atoms with Gasteiger partial charge in [-0.05, 0) is 24.3 Å². The van der Waals surface area contributed by atoms with Crippen molar-refractivity contribution in [1.82, 2.24) is 9.78 Å². The molecule has 2 nitrogen and oxygen atoms in total. The van der Waals surface area contributed by atoms with E-state index >= 15 is 0 Å². The number of hydrogen-bond donors (Lipinski definition) is 0. The van der Waals surface area contributed by atoms with E-state index in [0.29, 0.717) is 6.04 Å². The van der Waals surface area contributed by atoms with Crippen LogP contribution in [-0.2, 0) is 5.41 Å². The highest BCUT2D eigenvalue weighted by molar-refractivity contribution is 5.15. The molecule has 0 spiro atoms. The third kappa shape index (κ3) is 2.33. The van der Waals surface area contributed by atoms with Gasteiger partial charge in [0.05, 0.1) is 6.20 Å². The molecule has 0 amide bonds. The lowest BCUT2D eigenvalue weighted by Gasteiger charge is -2.15. The van der Waals surface area contributed by atoms with Crippen LogP contribution in [0, 0.1) is 0 Å². The Morgan fingerprint density at radius 1 is 1.46 bits per heavy atom. The quantitative estimate of drug-likeness (QED) is 0.683. The molecule has 1 unspecified atom stereocenters. The second-order valence-electron chi connectivity index (χ2n) is 4.72. The molecule has 1 aromatic heterocycles. The molecule has 0 aliphatic heterocycles. The highest BCUT2D eigenvalue weighted by atomic mass is 15.3. The molecule has 0 aliphatic carbocycles. The summed E-state index contributed by atoms with van der Waals surface area (Å²) in [6.45, 7) is 11.0. The number of aromatic nitrogens is 2. The zero-order chi connectivity index (χ0) is 10.1. The summed E-state index contributed by atoms with van der Waals surface area (Å²) in [6.07, 6.45) is 5.27. The molecular formula is C11H20N2. The average molecular weight is 180 g/mol. The van der Waals surface area contributed by atoms with Crippen LogP contribution in [0.1, 0.15) is 52.6 Å². The zero-order valence-electron chi connectivity index (χ0n) is 9.33. The van der Waals surface area contributed by atoms with Gasteiger partial charge in [-0.2, -0.15) is 5.10 Å². The molecule has 1 atom stereocenters. The van der Waals surface area contributed by atoms with Crippen molar-refractivity contribution in [2.45, 2.75) is 52.5 Å². The maximum Gasteiger partial charge on any atom is 0.0527 e. The van der Waals surface area contributed by atoms with Gasteiger partial charge in [0.15, 0.2) is 0 Å². The minimum atomic E-state index is 0.214. The van der Waals surface area contributed by atoms with E-state index in [9.17, 15) is 0 Å².